The Morgan fingerprint density at radius 3 is 2.31 bits per heavy atom. The predicted molar refractivity (Wildman–Crippen MR) is 117 cm³/mol. The molecule has 0 atom stereocenters. The van der Waals surface area contributed by atoms with E-state index in [0.717, 1.165) is 15.4 Å². The largest absolute Gasteiger partial charge is 0.322 e. The molecule has 0 fully saturated rings. The highest BCUT2D eigenvalue weighted by Gasteiger charge is 2.22. The van der Waals surface area contributed by atoms with Crippen molar-refractivity contribution < 1.29 is 13.2 Å². The number of carbonyl (C=O) groups is 1. The summed E-state index contributed by atoms with van der Waals surface area (Å²) in [7, 11) is -2.33. The fourth-order valence-corrected chi connectivity index (χ4v) is 4.21. The molecule has 5 nitrogen and oxygen atoms in total. The molecule has 0 heterocycles. The maximum atomic E-state index is 12.9. The van der Waals surface area contributed by atoms with Crippen LogP contribution in [-0.2, 0) is 10.0 Å². The van der Waals surface area contributed by atoms with Crippen LogP contribution >= 0.6 is 11.6 Å². The SMILES string of the molecule is Cc1ccc(NC(=O)c2cccc(N(C)S(=O)(=O)c3ccc(Cl)cc3)c2)c(C)c1. The van der Waals surface area contributed by atoms with Crippen LogP contribution in [0, 0.1) is 13.8 Å². The molecule has 7 heteroatoms. The number of sulfonamides is 1. The number of hydrogen-bond acceptors (Lipinski definition) is 3. The molecular formula is C22H21ClN2O3S. The molecule has 0 spiro atoms. The summed E-state index contributed by atoms with van der Waals surface area (Å²) in [6.45, 7) is 3.91. The van der Waals surface area contributed by atoms with Crippen LogP contribution < -0.4 is 9.62 Å². The quantitative estimate of drug-likeness (QED) is 0.619. The van der Waals surface area contributed by atoms with Crippen LogP contribution in [0.3, 0.4) is 0 Å². The first-order valence-electron chi connectivity index (χ1n) is 8.91. The van der Waals surface area contributed by atoms with Gasteiger partial charge in [0.1, 0.15) is 0 Å². The van der Waals surface area contributed by atoms with Crippen molar-refractivity contribution in [3.8, 4) is 0 Å². The summed E-state index contributed by atoms with van der Waals surface area (Å²) in [5, 5.41) is 3.33. The first kappa shape index (κ1) is 20.9. The monoisotopic (exact) mass is 428 g/mol. The summed E-state index contributed by atoms with van der Waals surface area (Å²) in [4.78, 5) is 12.8. The lowest BCUT2D eigenvalue weighted by Gasteiger charge is -2.20. The molecule has 29 heavy (non-hydrogen) atoms. The van der Waals surface area contributed by atoms with Gasteiger partial charge in [0.15, 0.2) is 0 Å². The summed E-state index contributed by atoms with van der Waals surface area (Å²) in [6.07, 6.45) is 0. The van der Waals surface area contributed by atoms with Gasteiger partial charge in [0.25, 0.3) is 15.9 Å². The van der Waals surface area contributed by atoms with Gasteiger partial charge in [-0.25, -0.2) is 8.42 Å². The van der Waals surface area contributed by atoms with E-state index in [1.54, 1.807) is 24.3 Å². The Labute approximate surface area is 176 Å². The van der Waals surface area contributed by atoms with Gasteiger partial charge in [-0.05, 0) is 67.9 Å². The molecule has 150 valence electrons. The fourth-order valence-electron chi connectivity index (χ4n) is 2.89. The van der Waals surface area contributed by atoms with Crippen LogP contribution in [0.15, 0.2) is 71.6 Å². The predicted octanol–water partition coefficient (Wildman–Crippen LogP) is 5.03. The summed E-state index contributed by atoms with van der Waals surface area (Å²) in [5.41, 5.74) is 3.52. The second-order valence-electron chi connectivity index (χ2n) is 6.75. The summed E-state index contributed by atoms with van der Waals surface area (Å²) >= 11 is 5.85. The molecule has 3 rings (SSSR count). The van der Waals surface area contributed by atoms with Crippen molar-refractivity contribution in [2.45, 2.75) is 18.7 Å². The standard InChI is InChI=1S/C22H21ClN2O3S/c1-15-7-12-21(16(2)13-15)24-22(26)17-5-4-6-19(14-17)25(3)29(27,28)20-10-8-18(23)9-11-20/h4-14H,1-3H3,(H,24,26). The number of hydrogen-bond donors (Lipinski definition) is 1. The van der Waals surface area contributed by atoms with Crippen molar-refractivity contribution in [1.82, 2.24) is 0 Å². The van der Waals surface area contributed by atoms with Crippen LogP contribution in [0.5, 0.6) is 0 Å². The molecule has 0 aliphatic rings. The van der Waals surface area contributed by atoms with Crippen molar-refractivity contribution in [2.24, 2.45) is 0 Å². The number of nitrogens with one attached hydrogen (secondary N) is 1. The van der Waals surface area contributed by atoms with Gasteiger partial charge >= 0.3 is 0 Å². The second kappa shape index (κ2) is 8.27. The molecular weight excluding hydrogens is 408 g/mol. The fraction of sp³-hybridized carbons (Fsp3) is 0.136. The molecule has 0 aliphatic carbocycles. The van der Waals surface area contributed by atoms with Gasteiger partial charge in [0, 0.05) is 23.3 Å². The lowest BCUT2D eigenvalue weighted by Crippen LogP contribution is -2.26. The normalized spacial score (nSPS) is 11.2. The molecule has 0 saturated carbocycles. The summed E-state index contributed by atoms with van der Waals surface area (Å²) < 4.78 is 26.9. The van der Waals surface area contributed by atoms with E-state index in [1.165, 1.54) is 31.3 Å². The van der Waals surface area contributed by atoms with Crippen LogP contribution in [-0.4, -0.2) is 21.4 Å². The average Bonchev–Trinajstić information content (AvgIpc) is 2.70. The van der Waals surface area contributed by atoms with Crippen LogP contribution in [0.4, 0.5) is 11.4 Å². The van der Waals surface area contributed by atoms with Gasteiger partial charge in [-0.15, -0.1) is 0 Å². The van der Waals surface area contributed by atoms with Crippen LogP contribution in [0.2, 0.25) is 5.02 Å². The van der Waals surface area contributed by atoms with Crippen molar-refractivity contribution in [3.63, 3.8) is 0 Å². The van der Waals surface area contributed by atoms with Crippen molar-refractivity contribution >= 4 is 38.9 Å². The van der Waals surface area contributed by atoms with E-state index in [2.05, 4.69) is 5.32 Å². The van der Waals surface area contributed by atoms with E-state index >= 15 is 0 Å². The van der Waals surface area contributed by atoms with Gasteiger partial charge in [-0.3, -0.25) is 9.10 Å². The Morgan fingerprint density at radius 2 is 1.66 bits per heavy atom. The third kappa shape index (κ3) is 4.60. The minimum absolute atomic E-state index is 0.120. The molecule has 0 radical (unpaired) electrons. The number of amides is 1. The lowest BCUT2D eigenvalue weighted by atomic mass is 10.1. The number of aryl methyl sites for hydroxylation is 2. The van der Waals surface area contributed by atoms with Gasteiger partial charge in [-0.2, -0.15) is 0 Å². The molecule has 0 aliphatic heterocycles. The zero-order chi connectivity index (χ0) is 21.2. The third-order valence-corrected chi connectivity index (χ3v) is 6.63. The Morgan fingerprint density at radius 1 is 0.966 bits per heavy atom. The molecule has 3 aromatic carbocycles. The minimum Gasteiger partial charge on any atom is -0.322 e. The molecule has 0 aromatic heterocycles. The molecule has 1 amide bonds. The smallest absolute Gasteiger partial charge is 0.264 e. The molecule has 0 bridgehead atoms. The second-order valence-corrected chi connectivity index (χ2v) is 9.15. The lowest BCUT2D eigenvalue weighted by molar-refractivity contribution is 0.102. The number of anilines is 2. The third-order valence-electron chi connectivity index (χ3n) is 4.57. The van der Waals surface area contributed by atoms with E-state index in [9.17, 15) is 13.2 Å². The van der Waals surface area contributed by atoms with E-state index < -0.39 is 10.0 Å². The highest BCUT2D eigenvalue weighted by atomic mass is 35.5. The van der Waals surface area contributed by atoms with Gasteiger partial charge < -0.3 is 5.32 Å². The van der Waals surface area contributed by atoms with Crippen molar-refractivity contribution in [3.05, 3.63) is 88.4 Å². The number of rotatable bonds is 5. The van der Waals surface area contributed by atoms with Gasteiger partial charge in [-0.1, -0.05) is 35.4 Å². The van der Waals surface area contributed by atoms with Crippen LogP contribution in [0.25, 0.3) is 0 Å². The first-order valence-corrected chi connectivity index (χ1v) is 10.7. The van der Waals surface area contributed by atoms with Gasteiger partial charge in [0.2, 0.25) is 0 Å². The zero-order valence-corrected chi connectivity index (χ0v) is 17.9. The minimum atomic E-state index is -3.78. The number of carbonyl (C=O) groups excluding carboxylic acids is 1. The summed E-state index contributed by atoms with van der Waals surface area (Å²) in [6, 6.07) is 18.2. The molecule has 0 unspecified atom stereocenters. The Hall–Kier alpha value is -2.83. The van der Waals surface area contributed by atoms with Gasteiger partial charge in [0.05, 0.1) is 10.6 Å². The van der Waals surface area contributed by atoms with Crippen molar-refractivity contribution in [2.75, 3.05) is 16.7 Å². The van der Waals surface area contributed by atoms with E-state index in [1.807, 2.05) is 32.0 Å². The van der Waals surface area contributed by atoms with Crippen molar-refractivity contribution in [1.29, 1.82) is 0 Å². The molecule has 3 aromatic rings. The number of benzene rings is 3. The van der Waals surface area contributed by atoms with E-state index in [4.69, 9.17) is 11.6 Å². The van der Waals surface area contributed by atoms with E-state index in [0.29, 0.717) is 22.0 Å². The average molecular weight is 429 g/mol. The number of halogens is 1. The Kier molecular flexibility index (Phi) is 5.96. The maximum absolute atomic E-state index is 12.9. The Bertz CT molecular complexity index is 1160. The Balaban J connectivity index is 1.86. The van der Waals surface area contributed by atoms with E-state index in [-0.39, 0.29) is 10.8 Å². The first-order chi connectivity index (χ1) is 13.7. The van der Waals surface area contributed by atoms with Crippen LogP contribution in [0.1, 0.15) is 21.5 Å². The highest BCUT2D eigenvalue weighted by molar-refractivity contribution is 7.92. The maximum Gasteiger partial charge on any atom is 0.264 e. The zero-order valence-electron chi connectivity index (χ0n) is 16.3. The molecule has 1 N–H and O–H groups in total. The number of nitrogens with zero attached hydrogens (tertiary/aromatic N) is 1. The highest BCUT2D eigenvalue weighted by Crippen LogP contribution is 2.25. The topological polar surface area (TPSA) is 66.5 Å². The molecule has 0 saturated heterocycles. The summed E-state index contributed by atoms with van der Waals surface area (Å²) in [5.74, 6) is -0.309.